The van der Waals surface area contributed by atoms with Crippen LogP contribution in [0.1, 0.15) is 30.5 Å². The van der Waals surface area contributed by atoms with Crippen molar-refractivity contribution in [1.29, 1.82) is 0 Å². The highest BCUT2D eigenvalue weighted by Gasteiger charge is 2.03. The second-order valence-electron chi connectivity index (χ2n) is 3.40. The lowest BCUT2D eigenvalue weighted by Gasteiger charge is -2.04. The molecule has 1 aliphatic rings. The SMILES string of the molecule is C1=CCCc2cncnc2CCC1. The van der Waals surface area contributed by atoms with E-state index < -0.39 is 0 Å². The molecule has 68 valence electrons. The molecule has 0 aromatic carbocycles. The number of hydrogen-bond acceptors (Lipinski definition) is 2. The van der Waals surface area contributed by atoms with Crippen molar-refractivity contribution in [1.82, 2.24) is 9.97 Å². The van der Waals surface area contributed by atoms with Gasteiger partial charge >= 0.3 is 0 Å². The van der Waals surface area contributed by atoms with Gasteiger partial charge in [0, 0.05) is 11.9 Å². The van der Waals surface area contributed by atoms with E-state index in [1.54, 1.807) is 6.33 Å². The Morgan fingerprint density at radius 1 is 1.08 bits per heavy atom. The van der Waals surface area contributed by atoms with E-state index >= 15 is 0 Å². The highest BCUT2D eigenvalue weighted by molar-refractivity contribution is 5.17. The molecule has 0 fully saturated rings. The van der Waals surface area contributed by atoms with Gasteiger partial charge in [0.2, 0.25) is 0 Å². The molecule has 2 nitrogen and oxygen atoms in total. The van der Waals surface area contributed by atoms with Crippen molar-refractivity contribution in [3.8, 4) is 0 Å². The number of allylic oxidation sites excluding steroid dienone is 2. The van der Waals surface area contributed by atoms with Crippen molar-refractivity contribution in [3.63, 3.8) is 0 Å². The van der Waals surface area contributed by atoms with E-state index in [4.69, 9.17) is 0 Å². The molecule has 0 amide bonds. The van der Waals surface area contributed by atoms with Crippen molar-refractivity contribution < 1.29 is 0 Å². The average Bonchev–Trinajstić information content (AvgIpc) is 2.28. The summed E-state index contributed by atoms with van der Waals surface area (Å²) >= 11 is 0. The molecular formula is C11H14N2. The van der Waals surface area contributed by atoms with Crippen molar-refractivity contribution >= 4 is 0 Å². The predicted molar refractivity (Wildman–Crippen MR) is 52.4 cm³/mol. The monoisotopic (exact) mass is 174 g/mol. The zero-order valence-corrected chi connectivity index (χ0v) is 7.74. The number of fused-ring (bicyclic) bond motifs is 1. The van der Waals surface area contributed by atoms with Gasteiger partial charge < -0.3 is 0 Å². The molecule has 1 aromatic rings. The van der Waals surface area contributed by atoms with Gasteiger partial charge in [-0.3, -0.25) is 0 Å². The summed E-state index contributed by atoms with van der Waals surface area (Å²) < 4.78 is 0. The van der Waals surface area contributed by atoms with E-state index in [2.05, 4.69) is 22.1 Å². The molecule has 0 saturated heterocycles. The Bertz CT molecular complexity index is 305. The predicted octanol–water partition coefficient (Wildman–Crippen LogP) is 2.30. The van der Waals surface area contributed by atoms with Crippen molar-refractivity contribution in [2.24, 2.45) is 0 Å². The molecule has 0 aliphatic heterocycles. The molecule has 0 radical (unpaired) electrons. The second-order valence-corrected chi connectivity index (χ2v) is 3.40. The molecule has 2 heteroatoms. The second kappa shape index (κ2) is 4.17. The van der Waals surface area contributed by atoms with Gasteiger partial charge in [-0.05, 0) is 37.7 Å². The molecule has 0 saturated carbocycles. The van der Waals surface area contributed by atoms with Crippen LogP contribution in [0.5, 0.6) is 0 Å². The lowest BCUT2D eigenvalue weighted by molar-refractivity contribution is 0.800. The first-order valence-electron chi connectivity index (χ1n) is 4.89. The first-order chi connectivity index (χ1) is 6.47. The average molecular weight is 174 g/mol. The molecule has 1 aliphatic carbocycles. The number of aromatic nitrogens is 2. The fourth-order valence-electron chi connectivity index (χ4n) is 1.68. The molecule has 1 aromatic heterocycles. The Morgan fingerprint density at radius 3 is 3.00 bits per heavy atom. The summed E-state index contributed by atoms with van der Waals surface area (Å²) in [5, 5.41) is 0. The largest absolute Gasteiger partial charge is 0.245 e. The van der Waals surface area contributed by atoms with Crippen LogP contribution in [0.3, 0.4) is 0 Å². The van der Waals surface area contributed by atoms with Crippen LogP contribution >= 0.6 is 0 Å². The minimum absolute atomic E-state index is 1.09. The van der Waals surface area contributed by atoms with Gasteiger partial charge in [-0.25, -0.2) is 9.97 Å². The Balaban J connectivity index is 2.22. The first kappa shape index (κ1) is 8.42. The zero-order chi connectivity index (χ0) is 8.93. The van der Waals surface area contributed by atoms with Crippen LogP contribution in [0.4, 0.5) is 0 Å². The molecule has 2 rings (SSSR count). The Kier molecular flexibility index (Phi) is 2.70. The van der Waals surface area contributed by atoms with E-state index in [0.29, 0.717) is 0 Å². The van der Waals surface area contributed by atoms with Gasteiger partial charge in [-0.15, -0.1) is 0 Å². The van der Waals surface area contributed by atoms with Crippen molar-refractivity contribution in [2.75, 3.05) is 0 Å². The summed E-state index contributed by atoms with van der Waals surface area (Å²) in [7, 11) is 0. The zero-order valence-electron chi connectivity index (χ0n) is 7.74. The van der Waals surface area contributed by atoms with Crippen molar-refractivity contribution in [3.05, 3.63) is 35.9 Å². The summed E-state index contributed by atoms with van der Waals surface area (Å²) in [6.45, 7) is 0. The minimum atomic E-state index is 1.09. The Labute approximate surface area is 78.7 Å². The number of nitrogens with zero attached hydrogens (tertiary/aromatic N) is 2. The lowest BCUT2D eigenvalue weighted by atomic mass is 10.1. The van der Waals surface area contributed by atoms with Gasteiger partial charge in [-0.1, -0.05) is 12.2 Å². The van der Waals surface area contributed by atoms with Crippen LogP contribution < -0.4 is 0 Å². The normalized spacial score (nSPS) is 16.9. The molecule has 0 unspecified atom stereocenters. The van der Waals surface area contributed by atoms with Crippen LogP contribution in [0, 0.1) is 0 Å². The molecule has 13 heavy (non-hydrogen) atoms. The molecule has 0 bridgehead atoms. The standard InChI is InChI=1S/C11H14N2/c1-2-4-6-10-8-12-9-13-11(10)7-5-3-1/h1-2,8-9H,3-7H2. The van der Waals surface area contributed by atoms with E-state index in [1.165, 1.54) is 24.1 Å². The summed E-state index contributed by atoms with van der Waals surface area (Å²) in [5.41, 5.74) is 2.58. The molecule has 1 heterocycles. The molecule has 0 spiro atoms. The van der Waals surface area contributed by atoms with Crippen LogP contribution in [0.2, 0.25) is 0 Å². The minimum Gasteiger partial charge on any atom is -0.245 e. The summed E-state index contributed by atoms with van der Waals surface area (Å²) in [5.74, 6) is 0. The third kappa shape index (κ3) is 2.14. The van der Waals surface area contributed by atoms with E-state index in [9.17, 15) is 0 Å². The topological polar surface area (TPSA) is 25.8 Å². The van der Waals surface area contributed by atoms with Gasteiger partial charge in [-0.2, -0.15) is 0 Å². The maximum atomic E-state index is 4.32. The summed E-state index contributed by atoms with van der Waals surface area (Å²) in [4.78, 5) is 8.39. The van der Waals surface area contributed by atoms with E-state index in [1.807, 2.05) is 6.20 Å². The Hall–Kier alpha value is -1.18. The third-order valence-corrected chi connectivity index (χ3v) is 2.41. The van der Waals surface area contributed by atoms with Gasteiger partial charge in [0.05, 0.1) is 0 Å². The summed E-state index contributed by atoms with van der Waals surface area (Å²) in [6.07, 6.45) is 13.9. The quantitative estimate of drug-likeness (QED) is 0.564. The van der Waals surface area contributed by atoms with Crippen molar-refractivity contribution in [2.45, 2.75) is 32.1 Å². The summed E-state index contributed by atoms with van der Waals surface area (Å²) in [6, 6.07) is 0. The van der Waals surface area contributed by atoms with Crippen LogP contribution in [-0.2, 0) is 12.8 Å². The molecular weight excluding hydrogens is 160 g/mol. The molecule has 0 N–H and O–H groups in total. The lowest BCUT2D eigenvalue weighted by Crippen LogP contribution is -1.98. The third-order valence-electron chi connectivity index (χ3n) is 2.41. The van der Waals surface area contributed by atoms with Gasteiger partial charge in [0.1, 0.15) is 6.33 Å². The maximum absolute atomic E-state index is 4.32. The fourth-order valence-corrected chi connectivity index (χ4v) is 1.68. The number of rotatable bonds is 0. The van der Waals surface area contributed by atoms with Crippen LogP contribution in [-0.4, -0.2) is 9.97 Å². The van der Waals surface area contributed by atoms with E-state index in [-0.39, 0.29) is 0 Å². The van der Waals surface area contributed by atoms with Crippen LogP contribution in [0.15, 0.2) is 24.7 Å². The fraction of sp³-hybridized carbons (Fsp3) is 0.455. The smallest absolute Gasteiger partial charge is 0.115 e. The number of aryl methyl sites for hydroxylation is 2. The first-order valence-corrected chi connectivity index (χ1v) is 4.89. The number of hydrogen-bond donors (Lipinski definition) is 0. The highest BCUT2D eigenvalue weighted by atomic mass is 14.8. The van der Waals surface area contributed by atoms with Gasteiger partial charge in [0.25, 0.3) is 0 Å². The van der Waals surface area contributed by atoms with Crippen LogP contribution in [0.25, 0.3) is 0 Å². The van der Waals surface area contributed by atoms with E-state index in [0.717, 1.165) is 19.3 Å². The highest BCUT2D eigenvalue weighted by Crippen LogP contribution is 2.13. The maximum Gasteiger partial charge on any atom is 0.115 e. The van der Waals surface area contributed by atoms with Gasteiger partial charge in [0.15, 0.2) is 0 Å². The molecule has 0 atom stereocenters. The Morgan fingerprint density at radius 2 is 2.00 bits per heavy atom.